The third-order valence-corrected chi connectivity index (χ3v) is 14.9. The number of halogens is 1. The number of ether oxygens (including phenoxy) is 4. The van der Waals surface area contributed by atoms with E-state index in [9.17, 15) is 24.3 Å². The molecular formula is C46H62ClN7O9S. The number of aliphatic carboxylic acids is 1. The Morgan fingerprint density at radius 2 is 1.78 bits per heavy atom. The minimum absolute atomic E-state index is 0.0316. The van der Waals surface area contributed by atoms with Crippen LogP contribution in [0.1, 0.15) is 80.6 Å². The number of benzene rings is 1. The van der Waals surface area contributed by atoms with Gasteiger partial charge in [-0.15, -0.1) is 11.3 Å². The standard InChI is InChI=1S/C46H62ClN7O9S/c1-8-26-21-46(26,42(57)58)52-40(55)34-19-28(22-54(34)41(56)39(45(5,6)7)51-44(59)63-27-17-30-25(4)31(30)18-27)62-36-20-32(33-23-64-43(50-33)48-24(2)3)49-38-29(36)9-10-35(37(38)47)61-16-13-53-11-14-60-15-12-53/h9-10,20,23-28,30-31,34,39H,8,11-19,21-22H2,1-7H3,(H,48,50)(H,51,59)(H,52,55)(H,57,58)/t25?,26-,27?,28+,30-,31+,34-,39+,46+/m0/s1. The number of carbonyl (C=O) groups excluding carboxylic acids is 3. The molecule has 1 aromatic carbocycles. The number of likely N-dealkylation sites (tertiary alicyclic amines) is 1. The van der Waals surface area contributed by atoms with Crippen molar-refractivity contribution in [1.82, 2.24) is 30.4 Å². The van der Waals surface area contributed by atoms with Crippen molar-refractivity contribution in [2.24, 2.45) is 29.1 Å². The second kappa shape index (κ2) is 18.4. The highest BCUT2D eigenvalue weighted by Gasteiger charge is 2.62. The zero-order valence-electron chi connectivity index (χ0n) is 37.8. The number of hydrogen-bond acceptors (Lipinski definition) is 13. The highest BCUT2D eigenvalue weighted by molar-refractivity contribution is 7.14. The van der Waals surface area contributed by atoms with Gasteiger partial charge in [0.2, 0.25) is 11.8 Å². The number of pyridine rings is 1. The Kier molecular flexibility index (Phi) is 13.3. The molecule has 4 heterocycles. The summed E-state index contributed by atoms with van der Waals surface area (Å²) in [6.45, 7) is 17.8. The lowest BCUT2D eigenvalue weighted by atomic mass is 9.85. The van der Waals surface area contributed by atoms with Crippen LogP contribution in [0.4, 0.5) is 9.93 Å². The molecule has 0 bridgehead atoms. The van der Waals surface area contributed by atoms with Gasteiger partial charge in [0.05, 0.1) is 31.0 Å². The van der Waals surface area contributed by atoms with E-state index in [-0.39, 0.29) is 31.0 Å². The molecule has 18 heteroatoms. The summed E-state index contributed by atoms with van der Waals surface area (Å²) in [6.07, 6.45) is 0.892. The predicted molar refractivity (Wildman–Crippen MR) is 243 cm³/mol. The molecule has 3 saturated carbocycles. The first kappa shape index (κ1) is 46.1. The highest BCUT2D eigenvalue weighted by Crippen LogP contribution is 2.57. The molecule has 3 amide bonds. The fourth-order valence-electron chi connectivity index (χ4n) is 9.84. The van der Waals surface area contributed by atoms with E-state index in [0.29, 0.717) is 95.8 Å². The van der Waals surface area contributed by atoms with E-state index in [1.807, 2.05) is 53.0 Å². The van der Waals surface area contributed by atoms with Crippen LogP contribution in [0.2, 0.25) is 5.02 Å². The van der Waals surface area contributed by atoms with Crippen molar-refractivity contribution in [3.05, 3.63) is 28.6 Å². The topological polar surface area (TPSA) is 194 Å². The molecule has 2 unspecified atom stereocenters. The summed E-state index contributed by atoms with van der Waals surface area (Å²) in [7, 11) is 0. The molecular weight excluding hydrogens is 862 g/mol. The lowest BCUT2D eigenvalue weighted by Gasteiger charge is -2.35. The van der Waals surface area contributed by atoms with Gasteiger partial charge in [0, 0.05) is 48.9 Å². The van der Waals surface area contributed by atoms with Gasteiger partial charge in [-0.25, -0.2) is 19.6 Å². The summed E-state index contributed by atoms with van der Waals surface area (Å²) in [4.78, 5) is 68.7. The minimum Gasteiger partial charge on any atom is -0.491 e. The Bertz CT molecular complexity index is 2240. The Hall–Kier alpha value is -4.45. The van der Waals surface area contributed by atoms with Crippen molar-refractivity contribution in [3.63, 3.8) is 0 Å². The number of carbonyl (C=O) groups is 4. The molecule has 3 aromatic rings. The monoisotopic (exact) mass is 923 g/mol. The van der Waals surface area contributed by atoms with E-state index in [4.69, 9.17) is 40.5 Å². The zero-order chi connectivity index (χ0) is 45.7. The number of aromatic nitrogens is 2. The number of fused-ring (bicyclic) bond motifs is 2. The lowest BCUT2D eigenvalue weighted by Crippen LogP contribution is -2.59. The van der Waals surface area contributed by atoms with Crippen LogP contribution in [-0.4, -0.2) is 131 Å². The first-order valence-corrected chi connectivity index (χ1v) is 24.0. The molecule has 8 rings (SSSR count). The van der Waals surface area contributed by atoms with E-state index >= 15 is 0 Å². The molecule has 2 aromatic heterocycles. The number of anilines is 1. The SMILES string of the molecule is CC[C@H]1C[C@]1(NC(=O)[C@@H]1C[C@@H](Oc2cc(-c3csc(NC(C)C)n3)nc3c(Cl)c(OCCN4CCOCC4)ccc23)CN1C(=O)[C@@H](NC(=O)OC1C[C@@H]2C(C)[C@@H]2C1)C(C)(C)C)C(=O)O. The quantitative estimate of drug-likeness (QED) is 0.123. The predicted octanol–water partition coefficient (Wildman–Crippen LogP) is 6.45. The van der Waals surface area contributed by atoms with E-state index in [1.54, 1.807) is 12.1 Å². The molecule has 64 heavy (non-hydrogen) atoms. The number of hydrogen-bond donors (Lipinski definition) is 4. The van der Waals surface area contributed by atoms with Crippen molar-refractivity contribution in [1.29, 1.82) is 0 Å². The van der Waals surface area contributed by atoms with Gasteiger partial charge in [0.1, 0.15) is 58.7 Å². The number of alkyl carbamates (subject to hydrolysis) is 1. The third kappa shape index (κ3) is 9.73. The van der Waals surface area contributed by atoms with E-state index in [2.05, 4.69) is 27.8 Å². The number of carboxylic acids is 1. The van der Waals surface area contributed by atoms with Crippen LogP contribution in [0.5, 0.6) is 11.5 Å². The molecule has 348 valence electrons. The van der Waals surface area contributed by atoms with Gasteiger partial charge < -0.3 is 44.9 Å². The lowest BCUT2D eigenvalue weighted by molar-refractivity contribution is -0.146. The Morgan fingerprint density at radius 1 is 1.05 bits per heavy atom. The molecule has 3 aliphatic carbocycles. The summed E-state index contributed by atoms with van der Waals surface area (Å²) < 4.78 is 24.4. The van der Waals surface area contributed by atoms with Crippen LogP contribution in [0.15, 0.2) is 23.6 Å². The summed E-state index contributed by atoms with van der Waals surface area (Å²) in [5.41, 5.74) is -0.692. The first-order chi connectivity index (χ1) is 30.4. The molecule has 0 spiro atoms. The molecule has 5 fully saturated rings. The molecule has 9 atom stereocenters. The van der Waals surface area contributed by atoms with E-state index in [1.165, 1.54) is 16.2 Å². The van der Waals surface area contributed by atoms with Gasteiger partial charge in [-0.3, -0.25) is 14.5 Å². The van der Waals surface area contributed by atoms with Gasteiger partial charge >= 0.3 is 12.1 Å². The maximum atomic E-state index is 14.9. The van der Waals surface area contributed by atoms with E-state index < -0.39 is 53.0 Å². The Labute approximate surface area is 383 Å². The average molecular weight is 925 g/mol. The minimum atomic E-state index is -1.42. The van der Waals surface area contributed by atoms with Crippen LogP contribution < -0.4 is 25.4 Å². The van der Waals surface area contributed by atoms with Crippen LogP contribution in [0, 0.1) is 29.1 Å². The number of amides is 3. The van der Waals surface area contributed by atoms with Crippen molar-refractivity contribution >= 4 is 62.8 Å². The van der Waals surface area contributed by atoms with Gasteiger partial charge in [0.15, 0.2) is 5.13 Å². The van der Waals surface area contributed by atoms with Gasteiger partial charge in [-0.1, -0.05) is 52.6 Å². The molecule has 16 nitrogen and oxygen atoms in total. The summed E-state index contributed by atoms with van der Waals surface area (Å²) in [5, 5.41) is 22.8. The van der Waals surface area contributed by atoms with E-state index in [0.717, 1.165) is 31.1 Å². The molecule has 2 aliphatic heterocycles. The van der Waals surface area contributed by atoms with Crippen molar-refractivity contribution in [3.8, 4) is 22.9 Å². The van der Waals surface area contributed by atoms with Crippen LogP contribution in [0.25, 0.3) is 22.3 Å². The summed E-state index contributed by atoms with van der Waals surface area (Å²) >= 11 is 8.56. The maximum Gasteiger partial charge on any atom is 0.408 e. The van der Waals surface area contributed by atoms with Crippen LogP contribution in [-0.2, 0) is 23.9 Å². The van der Waals surface area contributed by atoms with Crippen LogP contribution >= 0.6 is 22.9 Å². The first-order valence-electron chi connectivity index (χ1n) is 22.7. The molecule has 2 saturated heterocycles. The number of nitrogens with zero attached hydrogens (tertiary/aromatic N) is 4. The summed E-state index contributed by atoms with van der Waals surface area (Å²) in [6, 6.07) is 3.37. The third-order valence-electron chi connectivity index (χ3n) is 13.7. The normalized spacial score (nSPS) is 28.1. The zero-order valence-corrected chi connectivity index (χ0v) is 39.4. The summed E-state index contributed by atoms with van der Waals surface area (Å²) in [5.74, 6) is 0.198. The average Bonchev–Trinajstić information content (AvgIpc) is 3.73. The molecule has 5 aliphatic rings. The van der Waals surface area contributed by atoms with Crippen molar-refractivity contribution < 1.29 is 43.2 Å². The smallest absolute Gasteiger partial charge is 0.408 e. The molecule has 4 N–H and O–H groups in total. The van der Waals surface area contributed by atoms with Crippen molar-refractivity contribution in [2.45, 2.75) is 116 Å². The fraction of sp³-hybridized carbons (Fsp3) is 0.652. The van der Waals surface area contributed by atoms with Crippen LogP contribution in [0.3, 0.4) is 0 Å². The number of thiazole rings is 1. The second-order valence-electron chi connectivity index (χ2n) is 19.6. The highest BCUT2D eigenvalue weighted by atomic mass is 35.5. The number of nitrogens with one attached hydrogen (secondary N) is 3. The maximum absolute atomic E-state index is 14.9. The fourth-order valence-corrected chi connectivity index (χ4v) is 11.0. The van der Waals surface area contributed by atoms with Crippen molar-refractivity contribution in [2.75, 3.05) is 51.3 Å². The second-order valence-corrected chi connectivity index (χ2v) is 20.8. The number of morpholine rings is 1. The molecule has 0 radical (unpaired) electrons. The Balaban J connectivity index is 1.09. The van der Waals surface area contributed by atoms with Gasteiger partial charge in [-0.05, 0) is 74.3 Å². The number of carboxylic acid groups (broad SMARTS) is 1. The largest absolute Gasteiger partial charge is 0.491 e. The van der Waals surface area contributed by atoms with Gasteiger partial charge in [0.25, 0.3) is 0 Å². The number of rotatable bonds is 16. The Morgan fingerprint density at radius 3 is 2.44 bits per heavy atom. The van der Waals surface area contributed by atoms with Gasteiger partial charge in [-0.2, -0.15) is 0 Å².